The lowest BCUT2D eigenvalue weighted by atomic mass is 9.85. The molecule has 230 valence electrons. The lowest BCUT2D eigenvalue weighted by molar-refractivity contribution is -0.153. The second-order valence-electron chi connectivity index (χ2n) is 14.3. The van der Waals surface area contributed by atoms with Crippen molar-refractivity contribution in [1.29, 1.82) is 0 Å². The second kappa shape index (κ2) is 10.9. The molecule has 2 aromatic rings. The predicted molar refractivity (Wildman–Crippen MR) is 158 cm³/mol. The van der Waals surface area contributed by atoms with Crippen molar-refractivity contribution in [2.24, 2.45) is 5.41 Å². The number of hydroxylamine groups is 2. The lowest BCUT2D eigenvalue weighted by Gasteiger charge is -2.38. The highest BCUT2D eigenvalue weighted by Gasteiger charge is 2.64. The zero-order chi connectivity index (χ0) is 30.5. The topological polar surface area (TPSA) is 119 Å². The molecule has 2 bridgehead atoms. The fraction of sp³-hybridized carbons (Fsp3) is 0.667. The minimum atomic E-state index is -2.29. The van der Waals surface area contributed by atoms with E-state index in [1.807, 2.05) is 51.1 Å². The van der Waals surface area contributed by atoms with Crippen molar-refractivity contribution >= 4 is 20.4 Å². The van der Waals surface area contributed by atoms with Crippen LogP contribution in [0.15, 0.2) is 34.7 Å². The Labute approximate surface area is 249 Å². The maximum atomic E-state index is 13.6. The molecule has 1 aromatic heterocycles. The maximum Gasteiger partial charge on any atom is 0.407 e. The number of hydrogen-bond acceptors (Lipinski definition) is 8. The Morgan fingerprint density at radius 2 is 1.83 bits per heavy atom. The van der Waals surface area contributed by atoms with Gasteiger partial charge in [-0.3, -0.25) is 4.84 Å². The monoisotopic (exact) mass is 599 g/mol. The molecule has 1 saturated carbocycles. The first-order valence-corrected chi connectivity index (χ1v) is 17.7. The van der Waals surface area contributed by atoms with Crippen LogP contribution >= 0.6 is 0 Å². The first-order valence-electron chi connectivity index (χ1n) is 14.8. The van der Waals surface area contributed by atoms with Gasteiger partial charge in [0.25, 0.3) is 0 Å². The van der Waals surface area contributed by atoms with Gasteiger partial charge in [-0.15, -0.1) is 10.2 Å². The molecule has 1 aliphatic carbocycles. The van der Waals surface area contributed by atoms with Crippen LogP contribution in [-0.4, -0.2) is 65.3 Å². The summed E-state index contributed by atoms with van der Waals surface area (Å²) in [5.74, 6) is 0.663. The Bertz CT molecular complexity index is 1280. The maximum absolute atomic E-state index is 13.6. The van der Waals surface area contributed by atoms with Gasteiger partial charge in [-0.25, -0.2) is 9.59 Å². The van der Waals surface area contributed by atoms with Crippen molar-refractivity contribution in [2.45, 2.75) is 109 Å². The van der Waals surface area contributed by atoms with Gasteiger partial charge in [0.2, 0.25) is 11.8 Å². The summed E-state index contributed by atoms with van der Waals surface area (Å²) in [4.78, 5) is 34.0. The molecule has 3 heterocycles. The summed E-state index contributed by atoms with van der Waals surface area (Å²) in [6.45, 7) is 17.2. The van der Waals surface area contributed by atoms with Gasteiger partial charge in [0.15, 0.2) is 8.32 Å². The van der Waals surface area contributed by atoms with Gasteiger partial charge in [-0.2, -0.15) is 5.06 Å². The van der Waals surface area contributed by atoms with Gasteiger partial charge in [0, 0.05) is 6.54 Å². The molecule has 1 aromatic carbocycles. The molecule has 1 N–H and O–H groups in total. The smallest absolute Gasteiger partial charge is 0.407 e. The molecule has 5 rings (SSSR count). The van der Waals surface area contributed by atoms with E-state index in [9.17, 15) is 9.59 Å². The van der Waals surface area contributed by atoms with E-state index in [1.54, 1.807) is 9.96 Å². The van der Waals surface area contributed by atoms with E-state index in [0.717, 1.165) is 24.8 Å². The normalized spacial score (nSPS) is 22.4. The molecule has 11 nitrogen and oxygen atoms in total. The van der Waals surface area contributed by atoms with E-state index in [2.05, 4.69) is 49.4 Å². The summed E-state index contributed by atoms with van der Waals surface area (Å²) >= 11 is 0. The molecule has 2 saturated heterocycles. The highest BCUT2D eigenvalue weighted by atomic mass is 28.4. The van der Waals surface area contributed by atoms with Crippen LogP contribution in [0.2, 0.25) is 18.1 Å². The molecule has 0 radical (unpaired) electrons. The Morgan fingerprint density at radius 1 is 1.14 bits per heavy atom. The van der Waals surface area contributed by atoms with Crippen molar-refractivity contribution in [3.8, 4) is 0 Å². The Morgan fingerprint density at radius 3 is 2.45 bits per heavy atom. The first kappa shape index (κ1) is 30.5. The Balaban J connectivity index is 1.34. The number of nitrogens with one attached hydrogen (secondary N) is 1. The summed E-state index contributed by atoms with van der Waals surface area (Å²) in [5.41, 5.74) is 0.363. The third-order valence-corrected chi connectivity index (χ3v) is 13.5. The number of urea groups is 1. The fourth-order valence-corrected chi connectivity index (χ4v) is 6.68. The average Bonchev–Trinajstić information content (AvgIpc) is 3.36. The number of rotatable bonds is 9. The number of carbonyl (C=O) groups excluding carboxylic acids is 2. The number of hydrogen-bond donors (Lipinski definition) is 1. The van der Waals surface area contributed by atoms with Crippen molar-refractivity contribution < 1.29 is 28.0 Å². The van der Waals surface area contributed by atoms with E-state index in [-0.39, 0.29) is 41.0 Å². The van der Waals surface area contributed by atoms with Crippen LogP contribution in [0, 0.1) is 5.41 Å². The number of nitrogens with zero attached hydrogens (tertiary/aromatic N) is 4. The van der Waals surface area contributed by atoms with Crippen LogP contribution in [0.1, 0.15) is 90.3 Å². The molecule has 2 aliphatic heterocycles. The number of alkyl carbamates (subject to hydrolysis) is 1. The van der Waals surface area contributed by atoms with E-state index < -0.39 is 26.1 Å². The number of benzene rings is 1. The molecule has 3 amide bonds. The zero-order valence-electron chi connectivity index (χ0n) is 26.1. The first-order chi connectivity index (χ1) is 19.6. The molecule has 42 heavy (non-hydrogen) atoms. The lowest BCUT2D eigenvalue weighted by Crippen LogP contribution is -2.44. The van der Waals surface area contributed by atoms with Crippen LogP contribution in [0.5, 0.6) is 0 Å². The van der Waals surface area contributed by atoms with Gasteiger partial charge in [-0.05, 0) is 69.1 Å². The third kappa shape index (κ3) is 6.35. The molecular formula is C30H45N5O6Si. The number of carbonyl (C=O) groups is 2. The summed E-state index contributed by atoms with van der Waals surface area (Å²) in [5, 5.41) is 13.1. The standard InChI is InChI=1S/C30H45N5O6Si/c1-28(2,3)40-26(36)31-17-22(41-42(7,8)29(4,5)6)25-33-32-24(39-25)21-16-30(14-15-30)23-18-34(21)27(37)35(23)38-19-20-12-10-9-11-13-20/h9-13,21-23H,14-19H2,1-8H3,(H,31,36)/t21?,22-,23-/m0/s1. The minimum absolute atomic E-state index is 0.0000457. The van der Waals surface area contributed by atoms with Crippen molar-refractivity contribution in [1.82, 2.24) is 25.5 Å². The summed E-state index contributed by atoms with van der Waals surface area (Å²) in [6.07, 6.45) is 1.58. The minimum Gasteiger partial charge on any atom is -0.444 e. The highest BCUT2D eigenvalue weighted by molar-refractivity contribution is 6.74. The average molecular weight is 600 g/mol. The summed E-state index contributed by atoms with van der Waals surface area (Å²) in [6, 6.07) is 9.33. The number of amides is 3. The SMILES string of the molecule is CC(C)(C)OC(=O)NC[C@H](O[Si](C)(C)C(C)(C)C)c1nnc(C2CC3(CC3)[C@@H]3CN2C(=O)N3OCc2ccccc2)o1. The predicted octanol–water partition coefficient (Wildman–Crippen LogP) is 6.12. The van der Waals surface area contributed by atoms with E-state index in [0.29, 0.717) is 19.0 Å². The van der Waals surface area contributed by atoms with Crippen molar-refractivity contribution in [3.05, 3.63) is 47.7 Å². The Kier molecular flexibility index (Phi) is 7.95. The molecule has 3 aliphatic rings. The van der Waals surface area contributed by atoms with E-state index >= 15 is 0 Å². The zero-order valence-corrected chi connectivity index (χ0v) is 27.1. The van der Waals surface area contributed by atoms with Crippen molar-refractivity contribution in [3.63, 3.8) is 0 Å². The summed E-state index contributed by atoms with van der Waals surface area (Å²) in [7, 11) is -2.29. The van der Waals surface area contributed by atoms with Crippen molar-refractivity contribution in [2.75, 3.05) is 13.1 Å². The van der Waals surface area contributed by atoms with E-state index in [1.165, 1.54) is 0 Å². The number of aromatic nitrogens is 2. The molecule has 1 unspecified atom stereocenters. The molecular weight excluding hydrogens is 554 g/mol. The molecule has 3 atom stereocenters. The highest BCUT2D eigenvalue weighted by Crippen LogP contribution is 2.61. The third-order valence-electron chi connectivity index (χ3n) is 8.97. The van der Waals surface area contributed by atoms with Crippen LogP contribution < -0.4 is 5.32 Å². The Hall–Kier alpha value is -2.96. The quantitative estimate of drug-likeness (QED) is 0.343. The molecule has 3 fully saturated rings. The van der Waals surface area contributed by atoms with Crippen LogP contribution in [-0.2, 0) is 20.6 Å². The van der Waals surface area contributed by atoms with Crippen LogP contribution in [0.4, 0.5) is 9.59 Å². The van der Waals surface area contributed by atoms with Gasteiger partial charge in [-0.1, -0.05) is 51.1 Å². The van der Waals surface area contributed by atoms with Gasteiger partial charge in [0.05, 0.1) is 12.6 Å². The summed E-state index contributed by atoms with van der Waals surface area (Å²) < 4.78 is 18.4. The number of piperidine rings is 1. The van der Waals surface area contributed by atoms with Crippen LogP contribution in [0.3, 0.4) is 0 Å². The number of ether oxygens (including phenoxy) is 1. The second-order valence-corrected chi connectivity index (χ2v) is 19.1. The van der Waals surface area contributed by atoms with E-state index in [4.69, 9.17) is 18.4 Å². The largest absolute Gasteiger partial charge is 0.444 e. The molecule has 12 heteroatoms. The molecule has 1 spiro atoms. The van der Waals surface area contributed by atoms with Gasteiger partial charge in [0.1, 0.15) is 24.4 Å². The fourth-order valence-electron chi connectivity index (χ4n) is 5.43. The van der Waals surface area contributed by atoms with Gasteiger partial charge >= 0.3 is 12.1 Å². The number of fused-ring (bicyclic) bond motifs is 3. The van der Waals surface area contributed by atoms with Gasteiger partial charge < -0.3 is 23.8 Å². The van der Waals surface area contributed by atoms with Crippen LogP contribution in [0.25, 0.3) is 0 Å².